The third-order valence-corrected chi connectivity index (χ3v) is 7.46. The lowest BCUT2D eigenvalue weighted by Crippen LogP contribution is -2.45. The van der Waals surface area contributed by atoms with E-state index in [1.165, 1.54) is 15.6 Å². The molecular weight excluding hydrogens is 308 g/mol. The maximum Gasteiger partial charge on any atom is 0.244 e. The molecule has 1 fully saturated rings. The Labute approximate surface area is 131 Å². The van der Waals surface area contributed by atoms with E-state index in [9.17, 15) is 13.5 Å². The average Bonchev–Trinajstić information content (AvgIpc) is 2.88. The van der Waals surface area contributed by atoms with E-state index in [1.807, 2.05) is 0 Å². The molecule has 2 rings (SSSR count). The Morgan fingerprint density at radius 2 is 2.05 bits per heavy atom. The first-order valence-corrected chi connectivity index (χ1v) is 9.56. The third kappa shape index (κ3) is 3.48. The fourth-order valence-electron chi connectivity index (χ4n) is 2.81. The summed E-state index contributed by atoms with van der Waals surface area (Å²) in [6.07, 6.45) is 1.75. The van der Waals surface area contributed by atoms with Crippen molar-refractivity contribution >= 4 is 21.4 Å². The molecule has 2 heterocycles. The van der Waals surface area contributed by atoms with Crippen LogP contribution in [-0.4, -0.2) is 55.5 Å². The number of hydrogen-bond acceptors (Lipinski definition) is 5. The van der Waals surface area contributed by atoms with Crippen molar-refractivity contribution in [1.29, 1.82) is 0 Å². The molecule has 5 nitrogen and oxygen atoms in total. The van der Waals surface area contributed by atoms with Crippen LogP contribution in [0, 0.1) is 6.92 Å². The van der Waals surface area contributed by atoms with E-state index < -0.39 is 10.0 Å². The van der Waals surface area contributed by atoms with Crippen molar-refractivity contribution in [3.8, 4) is 0 Å². The molecule has 0 bridgehead atoms. The van der Waals surface area contributed by atoms with E-state index >= 15 is 0 Å². The molecular formula is C14H24N2O3S2. The van der Waals surface area contributed by atoms with Gasteiger partial charge in [-0.3, -0.25) is 0 Å². The maximum absolute atomic E-state index is 12.8. The molecule has 0 saturated carbocycles. The first-order chi connectivity index (χ1) is 9.90. The second-order valence-corrected chi connectivity index (χ2v) is 8.78. The molecule has 1 aromatic rings. The Morgan fingerprint density at radius 3 is 2.52 bits per heavy atom. The van der Waals surface area contributed by atoms with Crippen molar-refractivity contribution in [3.05, 3.63) is 15.8 Å². The van der Waals surface area contributed by atoms with Crippen molar-refractivity contribution in [2.45, 2.75) is 44.2 Å². The van der Waals surface area contributed by atoms with E-state index in [-0.39, 0.29) is 12.6 Å². The Bertz CT molecular complexity index is 575. The third-order valence-electron chi connectivity index (χ3n) is 4.25. The van der Waals surface area contributed by atoms with Crippen LogP contribution in [-0.2, 0) is 16.6 Å². The minimum absolute atomic E-state index is 0.0645. The first-order valence-electron chi connectivity index (χ1n) is 7.30. The number of thiophene rings is 1. The number of piperidine rings is 1. The molecule has 120 valence electrons. The van der Waals surface area contributed by atoms with Crippen molar-refractivity contribution in [2.24, 2.45) is 0 Å². The summed E-state index contributed by atoms with van der Waals surface area (Å²) in [5.74, 6) is 0. The monoisotopic (exact) mass is 332 g/mol. The van der Waals surface area contributed by atoms with Crippen LogP contribution < -0.4 is 0 Å². The van der Waals surface area contributed by atoms with Crippen molar-refractivity contribution < 1.29 is 13.5 Å². The lowest BCUT2D eigenvalue weighted by Gasteiger charge is -2.35. The van der Waals surface area contributed by atoms with Crippen LogP contribution in [0.3, 0.4) is 0 Å². The minimum atomic E-state index is -3.47. The SMILES string of the molecule is CCN1CCC(N(C)S(=O)(=O)c2cc(CO)sc2C)CC1. The summed E-state index contributed by atoms with van der Waals surface area (Å²) in [5, 5.41) is 9.18. The van der Waals surface area contributed by atoms with Gasteiger partial charge in [-0.05, 0) is 45.5 Å². The molecule has 21 heavy (non-hydrogen) atoms. The van der Waals surface area contributed by atoms with Crippen LogP contribution in [0.2, 0.25) is 0 Å². The van der Waals surface area contributed by atoms with Gasteiger partial charge in [0, 0.05) is 22.8 Å². The van der Waals surface area contributed by atoms with Crippen LogP contribution >= 0.6 is 11.3 Å². The second kappa shape index (κ2) is 6.75. The van der Waals surface area contributed by atoms with Crippen molar-refractivity contribution in [3.63, 3.8) is 0 Å². The molecule has 0 spiro atoms. The van der Waals surface area contributed by atoms with Gasteiger partial charge in [-0.2, -0.15) is 4.31 Å². The number of likely N-dealkylation sites (tertiary alicyclic amines) is 1. The molecule has 0 aliphatic carbocycles. The summed E-state index contributed by atoms with van der Waals surface area (Å²) in [6, 6.07) is 1.67. The average molecular weight is 332 g/mol. The number of hydrogen-bond donors (Lipinski definition) is 1. The van der Waals surface area contributed by atoms with E-state index in [0.29, 0.717) is 9.77 Å². The lowest BCUT2D eigenvalue weighted by atomic mass is 10.1. The molecule has 0 radical (unpaired) electrons. The van der Waals surface area contributed by atoms with Gasteiger partial charge < -0.3 is 10.0 Å². The van der Waals surface area contributed by atoms with Gasteiger partial charge in [-0.1, -0.05) is 6.92 Å². The summed E-state index contributed by atoms with van der Waals surface area (Å²) in [5.41, 5.74) is 0. The maximum atomic E-state index is 12.8. The van der Waals surface area contributed by atoms with Gasteiger partial charge in [0.05, 0.1) is 11.5 Å². The highest BCUT2D eigenvalue weighted by atomic mass is 32.2. The van der Waals surface area contributed by atoms with Gasteiger partial charge in [-0.15, -0.1) is 11.3 Å². The van der Waals surface area contributed by atoms with Crippen LogP contribution in [0.25, 0.3) is 0 Å². The van der Waals surface area contributed by atoms with Crippen molar-refractivity contribution in [1.82, 2.24) is 9.21 Å². The molecule has 0 unspecified atom stereocenters. The predicted octanol–water partition coefficient (Wildman–Crippen LogP) is 1.65. The summed E-state index contributed by atoms with van der Waals surface area (Å²) < 4.78 is 27.1. The summed E-state index contributed by atoms with van der Waals surface area (Å²) in [7, 11) is -1.79. The number of aryl methyl sites for hydroxylation is 1. The minimum Gasteiger partial charge on any atom is -0.391 e. The van der Waals surface area contributed by atoms with Gasteiger partial charge in [0.15, 0.2) is 0 Å². The second-order valence-electron chi connectivity index (χ2n) is 5.48. The molecule has 0 atom stereocenters. The highest BCUT2D eigenvalue weighted by Crippen LogP contribution is 2.30. The normalized spacial score (nSPS) is 18.5. The molecule has 7 heteroatoms. The molecule has 1 aromatic heterocycles. The number of nitrogens with zero attached hydrogens (tertiary/aromatic N) is 2. The smallest absolute Gasteiger partial charge is 0.244 e. The van der Waals surface area contributed by atoms with Gasteiger partial charge in [0.25, 0.3) is 0 Å². The largest absolute Gasteiger partial charge is 0.391 e. The highest BCUT2D eigenvalue weighted by Gasteiger charge is 2.32. The fraction of sp³-hybridized carbons (Fsp3) is 0.714. The summed E-state index contributed by atoms with van der Waals surface area (Å²) >= 11 is 1.35. The topological polar surface area (TPSA) is 60.9 Å². The molecule has 1 aliphatic rings. The Kier molecular flexibility index (Phi) is 5.43. The van der Waals surface area contributed by atoms with Gasteiger partial charge in [0.2, 0.25) is 10.0 Å². The molecule has 0 amide bonds. The van der Waals surface area contributed by atoms with Crippen LogP contribution in [0.5, 0.6) is 0 Å². The predicted molar refractivity (Wildman–Crippen MR) is 85.1 cm³/mol. The lowest BCUT2D eigenvalue weighted by molar-refractivity contribution is 0.176. The number of aliphatic hydroxyl groups is 1. The van der Waals surface area contributed by atoms with E-state index in [2.05, 4.69) is 11.8 Å². The van der Waals surface area contributed by atoms with Gasteiger partial charge >= 0.3 is 0 Å². The fourth-order valence-corrected chi connectivity index (χ4v) is 5.69. The summed E-state index contributed by atoms with van der Waals surface area (Å²) in [4.78, 5) is 4.13. The van der Waals surface area contributed by atoms with Crippen LogP contribution in [0.4, 0.5) is 0 Å². The standard InChI is InChI=1S/C14H24N2O3S2/c1-4-16-7-5-12(6-8-16)15(3)21(18,19)14-9-13(10-17)20-11(14)2/h9,12,17H,4-8,10H2,1-3H3. The van der Waals surface area contributed by atoms with Gasteiger partial charge in [0.1, 0.15) is 0 Å². The molecule has 1 N–H and O–H groups in total. The van der Waals surface area contributed by atoms with Crippen LogP contribution in [0.15, 0.2) is 11.0 Å². The van der Waals surface area contributed by atoms with Crippen LogP contribution in [0.1, 0.15) is 29.5 Å². The Hall–Kier alpha value is -0.470. The van der Waals surface area contributed by atoms with E-state index in [4.69, 9.17) is 0 Å². The Morgan fingerprint density at radius 1 is 1.43 bits per heavy atom. The number of sulfonamides is 1. The first kappa shape index (κ1) is 16.9. The van der Waals surface area contributed by atoms with Crippen molar-refractivity contribution in [2.75, 3.05) is 26.7 Å². The zero-order valence-electron chi connectivity index (χ0n) is 12.9. The highest BCUT2D eigenvalue weighted by molar-refractivity contribution is 7.89. The zero-order chi connectivity index (χ0) is 15.6. The molecule has 1 saturated heterocycles. The zero-order valence-corrected chi connectivity index (χ0v) is 14.5. The number of rotatable bonds is 5. The van der Waals surface area contributed by atoms with Gasteiger partial charge in [-0.25, -0.2) is 8.42 Å². The Balaban J connectivity index is 2.17. The molecule has 1 aliphatic heterocycles. The quantitative estimate of drug-likeness (QED) is 0.891. The van der Waals surface area contributed by atoms with E-state index in [1.54, 1.807) is 20.0 Å². The molecule has 0 aromatic carbocycles. The number of aliphatic hydroxyl groups excluding tert-OH is 1. The summed E-state index contributed by atoms with van der Waals surface area (Å²) in [6.45, 7) is 6.74. The van der Waals surface area contributed by atoms with E-state index in [0.717, 1.165) is 37.4 Å².